The Morgan fingerprint density at radius 1 is 1.12 bits per heavy atom. The molecule has 0 unspecified atom stereocenters. The number of aromatic nitrogens is 2. The van der Waals surface area contributed by atoms with Gasteiger partial charge in [0.05, 0.1) is 6.33 Å². The highest BCUT2D eigenvalue weighted by Crippen LogP contribution is 2.11. The van der Waals surface area contributed by atoms with E-state index in [9.17, 15) is 14.0 Å². The van der Waals surface area contributed by atoms with Crippen molar-refractivity contribution in [3.63, 3.8) is 0 Å². The SMILES string of the molecule is CC(C)(C)CNC(=O)c1nc[nH]c1C(=O)NCc1ccc(F)cc1. The molecule has 2 rings (SSSR count). The first-order valence-electron chi connectivity index (χ1n) is 7.60. The zero-order chi connectivity index (χ0) is 17.7. The Kier molecular flexibility index (Phi) is 5.33. The van der Waals surface area contributed by atoms with Crippen molar-refractivity contribution in [1.29, 1.82) is 0 Å². The normalized spacial score (nSPS) is 11.2. The molecule has 0 spiro atoms. The first-order valence-corrected chi connectivity index (χ1v) is 7.60. The summed E-state index contributed by atoms with van der Waals surface area (Å²) in [4.78, 5) is 31.0. The van der Waals surface area contributed by atoms with Gasteiger partial charge in [-0.15, -0.1) is 0 Å². The van der Waals surface area contributed by atoms with Crippen LogP contribution in [-0.2, 0) is 6.54 Å². The Labute approximate surface area is 139 Å². The molecule has 0 aliphatic heterocycles. The van der Waals surface area contributed by atoms with E-state index in [0.717, 1.165) is 5.56 Å². The average Bonchev–Trinajstić information content (AvgIpc) is 3.01. The van der Waals surface area contributed by atoms with Gasteiger partial charge in [-0.3, -0.25) is 9.59 Å². The van der Waals surface area contributed by atoms with E-state index in [1.165, 1.54) is 18.5 Å². The Bertz CT molecular complexity index is 717. The minimum absolute atomic E-state index is 0.0517. The lowest BCUT2D eigenvalue weighted by Crippen LogP contribution is -2.34. The summed E-state index contributed by atoms with van der Waals surface area (Å²) >= 11 is 0. The molecule has 1 heterocycles. The van der Waals surface area contributed by atoms with E-state index in [1.807, 2.05) is 20.8 Å². The van der Waals surface area contributed by atoms with Gasteiger partial charge in [0.2, 0.25) is 0 Å². The van der Waals surface area contributed by atoms with Crippen molar-refractivity contribution in [3.05, 3.63) is 53.4 Å². The van der Waals surface area contributed by atoms with Gasteiger partial charge in [0, 0.05) is 13.1 Å². The van der Waals surface area contributed by atoms with E-state index in [-0.39, 0.29) is 29.2 Å². The van der Waals surface area contributed by atoms with Gasteiger partial charge in [0.25, 0.3) is 11.8 Å². The Morgan fingerprint density at radius 2 is 1.79 bits per heavy atom. The van der Waals surface area contributed by atoms with Gasteiger partial charge in [-0.1, -0.05) is 32.9 Å². The summed E-state index contributed by atoms with van der Waals surface area (Å²) in [6, 6.07) is 5.81. The van der Waals surface area contributed by atoms with Crippen LogP contribution in [0.25, 0.3) is 0 Å². The molecule has 0 fully saturated rings. The highest BCUT2D eigenvalue weighted by atomic mass is 19.1. The molecule has 128 valence electrons. The number of hydrogen-bond donors (Lipinski definition) is 3. The van der Waals surface area contributed by atoms with Crippen LogP contribution >= 0.6 is 0 Å². The number of benzene rings is 1. The zero-order valence-electron chi connectivity index (χ0n) is 13.9. The third-order valence-corrected chi connectivity index (χ3v) is 3.23. The number of carbonyl (C=O) groups excluding carboxylic acids is 2. The minimum Gasteiger partial charge on any atom is -0.350 e. The smallest absolute Gasteiger partial charge is 0.272 e. The molecule has 0 bridgehead atoms. The van der Waals surface area contributed by atoms with E-state index in [0.29, 0.717) is 6.54 Å². The third kappa shape index (κ3) is 4.91. The van der Waals surface area contributed by atoms with Crippen molar-refractivity contribution in [2.24, 2.45) is 5.41 Å². The molecule has 6 nitrogen and oxygen atoms in total. The van der Waals surface area contributed by atoms with Crippen molar-refractivity contribution < 1.29 is 14.0 Å². The van der Waals surface area contributed by atoms with Crippen molar-refractivity contribution in [2.45, 2.75) is 27.3 Å². The Balaban J connectivity index is 1.99. The predicted octanol–water partition coefficient (Wildman–Crippen LogP) is 2.25. The van der Waals surface area contributed by atoms with Gasteiger partial charge >= 0.3 is 0 Å². The second kappa shape index (κ2) is 7.25. The van der Waals surface area contributed by atoms with Gasteiger partial charge in [-0.05, 0) is 23.1 Å². The summed E-state index contributed by atoms with van der Waals surface area (Å²) in [6.07, 6.45) is 1.30. The lowest BCUT2D eigenvalue weighted by atomic mass is 9.97. The van der Waals surface area contributed by atoms with Crippen molar-refractivity contribution in [3.8, 4) is 0 Å². The summed E-state index contributed by atoms with van der Waals surface area (Å²) in [7, 11) is 0. The number of hydrogen-bond acceptors (Lipinski definition) is 3. The summed E-state index contributed by atoms with van der Waals surface area (Å²) in [6.45, 7) is 6.67. The quantitative estimate of drug-likeness (QED) is 0.785. The predicted molar refractivity (Wildman–Crippen MR) is 87.9 cm³/mol. The fraction of sp³-hybridized carbons (Fsp3) is 0.353. The first kappa shape index (κ1) is 17.7. The van der Waals surface area contributed by atoms with Crippen molar-refractivity contribution in [2.75, 3.05) is 6.54 Å². The molecular weight excluding hydrogens is 311 g/mol. The van der Waals surface area contributed by atoms with Gasteiger partial charge in [-0.25, -0.2) is 9.37 Å². The number of rotatable bonds is 5. The van der Waals surface area contributed by atoms with Crippen LogP contribution in [0.4, 0.5) is 4.39 Å². The van der Waals surface area contributed by atoms with E-state index < -0.39 is 11.8 Å². The second-order valence-electron chi connectivity index (χ2n) is 6.68. The fourth-order valence-corrected chi connectivity index (χ4v) is 1.94. The summed E-state index contributed by atoms with van der Waals surface area (Å²) in [5.41, 5.74) is 0.833. The minimum atomic E-state index is -0.447. The molecule has 7 heteroatoms. The van der Waals surface area contributed by atoms with Gasteiger partial charge in [-0.2, -0.15) is 0 Å². The molecule has 24 heavy (non-hydrogen) atoms. The molecule has 0 atom stereocenters. The summed E-state index contributed by atoms with van der Waals surface area (Å²) in [5, 5.41) is 5.43. The highest BCUT2D eigenvalue weighted by molar-refractivity contribution is 6.04. The number of imidazole rings is 1. The zero-order valence-corrected chi connectivity index (χ0v) is 13.9. The maximum Gasteiger partial charge on any atom is 0.272 e. The van der Waals surface area contributed by atoms with E-state index in [1.54, 1.807) is 12.1 Å². The number of amides is 2. The largest absolute Gasteiger partial charge is 0.350 e. The molecule has 2 aromatic rings. The van der Waals surface area contributed by atoms with E-state index >= 15 is 0 Å². The number of nitrogens with zero attached hydrogens (tertiary/aromatic N) is 1. The fourth-order valence-electron chi connectivity index (χ4n) is 1.94. The van der Waals surface area contributed by atoms with Crippen LogP contribution in [0.3, 0.4) is 0 Å². The maximum absolute atomic E-state index is 12.9. The third-order valence-electron chi connectivity index (χ3n) is 3.23. The molecule has 0 saturated heterocycles. The molecule has 2 amide bonds. The standard InChI is InChI=1S/C17H21FN4O2/c1-17(2,3)9-20-16(24)14-13(21-10-22-14)15(23)19-8-11-4-6-12(18)7-5-11/h4-7,10H,8-9H2,1-3H3,(H,19,23)(H,20,24)(H,21,22). The van der Waals surface area contributed by atoms with E-state index in [2.05, 4.69) is 20.6 Å². The Hall–Kier alpha value is -2.70. The van der Waals surface area contributed by atoms with Crippen LogP contribution < -0.4 is 10.6 Å². The maximum atomic E-state index is 12.9. The number of carbonyl (C=O) groups is 2. The second-order valence-corrected chi connectivity index (χ2v) is 6.68. The number of H-pyrrole nitrogens is 1. The van der Waals surface area contributed by atoms with Crippen LogP contribution in [0.1, 0.15) is 47.3 Å². The van der Waals surface area contributed by atoms with Crippen molar-refractivity contribution in [1.82, 2.24) is 20.6 Å². The number of aromatic amines is 1. The Morgan fingerprint density at radius 3 is 2.42 bits per heavy atom. The molecule has 1 aromatic carbocycles. The topological polar surface area (TPSA) is 86.9 Å². The molecule has 0 saturated carbocycles. The molecule has 1 aromatic heterocycles. The van der Waals surface area contributed by atoms with E-state index in [4.69, 9.17) is 0 Å². The molecule has 0 aliphatic carbocycles. The van der Waals surface area contributed by atoms with Crippen LogP contribution in [0.2, 0.25) is 0 Å². The van der Waals surface area contributed by atoms with Crippen LogP contribution in [0.5, 0.6) is 0 Å². The van der Waals surface area contributed by atoms with Crippen LogP contribution in [-0.4, -0.2) is 28.3 Å². The number of halogens is 1. The van der Waals surface area contributed by atoms with Crippen LogP contribution in [0, 0.1) is 11.2 Å². The van der Waals surface area contributed by atoms with Crippen LogP contribution in [0.15, 0.2) is 30.6 Å². The lowest BCUT2D eigenvalue weighted by Gasteiger charge is -2.18. The van der Waals surface area contributed by atoms with Gasteiger partial charge in [0.15, 0.2) is 5.69 Å². The van der Waals surface area contributed by atoms with Crippen molar-refractivity contribution >= 4 is 11.8 Å². The molecule has 0 aliphatic rings. The highest BCUT2D eigenvalue weighted by Gasteiger charge is 2.21. The molecule has 3 N–H and O–H groups in total. The first-order chi connectivity index (χ1) is 11.3. The van der Waals surface area contributed by atoms with Gasteiger partial charge < -0.3 is 15.6 Å². The monoisotopic (exact) mass is 332 g/mol. The lowest BCUT2D eigenvalue weighted by molar-refractivity contribution is 0.0905. The molecular formula is C17H21FN4O2. The number of nitrogens with one attached hydrogen (secondary N) is 3. The summed E-state index contributed by atoms with van der Waals surface area (Å²) in [5.74, 6) is -1.19. The van der Waals surface area contributed by atoms with Gasteiger partial charge in [0.1, 0.15) is 11.5 Å². The summed E-state index contributed by atoms with van der Waals surface area (Å²) < 4.78 is 12.9. The molecule has 0 radical (unpaired) electrons. The average molecular weight is 332 g/mol.